The van der Waals surface area contributed by atoms with Gasteiger partial charge in [0.05, 0.1) is 5.92 Å². The molecule has 1 aromatic rings. The van der Waals surface area contributed by atoms with E-state index in [1.807, 2.05) is 6.92 Å². The number of aromatic nitrogens is 2. The van der Waals surface area contributed by atoms with Crippen molar-refractivity contribution in [3.05, 3.63) is 23.8 Å². The van der Waals surface area contributed by atoms with Gasteiger partial charge in [-0.25, -0.2) is 9.97 Å². The first kappa shape index (κ1) is 13.5. The van der Waals surface area contributed by atoms with Crippen LogP contribution in [0.25, 0.3) is 0 Å². The third-order valence-corrected chi connectivity index (χ3v) is 3.50. The van der Waals surface area contributed by atoms with Crippen LogP contribution in [0.3, 0.4) is 0 Å². The minimum absolute atomic E-state index is 0.0434. The van der Waals surface area contributed by atoms with Gasteiger partial charge in [-0.2, -0.15) is 0 Å². The second-order valence-corrected chi connectivity index (χ2v) is 4.95. The van der Waals surface area contributed by atoms with Crippen molar-refractivity contribution in [2.45, 2.75) is 20.3 Å². The van der Waals surface area contributed by atoms with Crippen LogP contribution in [-0.2, 0) is 4.79 Å². The molecule has 6 nitrogen and oxygen atoms in total. The van der Waals surface area contributed by atoms with Crippen molar-refractivity contribution >= 4 is 11.9 Å². The Morgan fingerprint density at radius 2 is 2.21 bits per heavy atom. The Kier molecular flexibility index (Phi) is 3.78. The van der Waals surface area contributed by atoms with Crippen molar-refractivity contribution in [3.63, 3.8) is 0 Å². The summed E-state index contributed by atoms with van der Waals surface area (Å²) in [6.45, 7) is 4.52. The lowest BCUT2D eigenvalue weighted by Crippen LogP contribution is -2.45. The van der Waals surface area contributed by atoms with Gasteiger partial charge in [0.1, 0.15) is 11.5 Å². The van der Waals surface area contributed by atoms with Gasteiger partial charge in [-0.3, -0.25) is 9.59 Å². The molecule has 1 N–H and O–H groups in total. The van der Waals surface area contributed by atoms with E-state index in [9.17, 15) is 9.59 Å². The summed E-state index contributed by atoms with van der Waals surface area (Å²) >= 11 is 0. The number of hydrogen-bond donors (Lipinski definition) is 1. The van der Waals surface area contributed by atoms with E-state index >= 15 is 0 Å². The summed E-state index contributed by atoms with van der Waals surface area (Å²) in [6, 6.07) is 1.59. The molecule has 0 unspecified atom stereocenters. The molecule has 102 valence electrons. The largest absolute Gasteiger partial charge is 0.481 e. The molecule has 0 aliphatic carbocycles. The highest BCUT2D eigenvalue weighted by Crippen LogP contribution is 2.24. The van der Waals surface area contributed by atoms with Gasteiger partial charge in [0.25, 0.3) is 5.91 Å². The first-order chi connectivity index (χ1) is 8.99. The fourth-order valence-electron chi connectivity index (χ4n) is 2.43. The first-order valence-electron chi connectivity index (χ1n) is 6.30. The smallest absolute Gasteiger partial charge is 0.306 e. The highest BCUT2D eigenvalue weighted by molar-refractivity contribution is 5.92. The molecule has 6 heteroatoms. The molecule has 0 saturated carbocycles. The van der Waals surface area contributed by atoms with E-state index in [1.165, 1.54) is 0 Å². The van der Waals surface area contributed by atoms with Crippen molar-refractivity contribution < 1.29 is 14.7 Å². The second kappa shape index (κ2) is 5.34. The van der Waals surface area contributed by atoms with Gasteiger partial charge < -0.3 is 10.0 Å². The Bertz CT molecular complexity index is 504. The van der Waals surface area contributed by atoms with Gasteiger partial charge in [-0.05, 0) is 25.3 Å². The number of amides is 1. The van der Waals surface area contributed by atoms with E-state index < -0.39 is 5.97 Å². The van der Waals surface area contributed by atoms with E-state index in [1.54, 1.807) is 24.1 Å². The van der Waals surface area contributed by atoms with Gasteiger partial charge in [-0.1, -0.05) is 6.92 Å². The zero-order valence-corrected chi connectivity index (χ0v) is 11.0. The zero-order chi connectivity index (χ0) is 14.0. The Balaban J connectivity index is 2.08. The molecule has 1 aliphatic rings. The summed E-state index contributed by atoms with van der Waals surface area (Å²) in [4.78, 5) is 33.0. The number of aliphatic carboxylic acids is 1. The van der Waals surface area contributed by atoms with E-state index in [4.69, 9.17) is 5.11 Å². The summed E-state index contributed by atoms with van der Waals surface area (Å²) in [7, 11) is 0. The average molecular weight is 263 g/mol. The lowest BCUT2D eigenvalue weighted by Gasteiger charge is -2.34. The molecule has 0 radical (unpaired) electrons. The van der Waals surface area contributed by atoms with Crippen LogP contribution in [-0.4, -0.2) is 44.9 Å². The van der Waals surface area contributed by atoms with Gasteiger partial charge >= 0.3 is 5.97 Å². The number of likely N-dealkylation sites (tertiary alicyclic amines) is 1. The van der Waals surface area contributed by atoms with E-state index in [0.717, 1.165) is 0 Å². The number of rotatable bonds is 2. The van der Waals surface area contributed by atoms with Crippen molar-refractivity contribution in [3.8, 4) is 0 Å². The molecule has 1 fully saturated rings. The second-order valence-electron chi connectivity index (χ2n) is 4.95. The SMILES string of the molecule is Cc1nccc(C(=O)N2CC[C@H](C(=O)O)[C@H](C)C2)n1. The summed E-state index contributed by atoms with van der Waals surface area (Å²) in [5.74, 6) is -0.785. The minimum atomic E-state index is -0.780. The molecule has 0 bridgehead atoms. The molecular formula is C13H17N3O3. The summed E-state index contributed by atoms with van der Waals surface area (Å²) in [5.41, 5.74) is 0.369. The van der Waals surface area contributed by atoms with E-state index in [0.29, 0.717) is 31.0 Å². The van der Waals surface area contributed by atoms with Crippen molar-refractivity contribution in [1.82, 2.24) is 14.9 Å². The predicted molar refractivity (Wildman–Crippen MR) is 67.6 cm³/mol. The number of nitrogens with zero attached hydrogens (tertiary/aromatic N) is 3. The third-order valence-electron chi connectivity index (χ3n) is 3.50. The average Bonchev–Trinajstić information content (AvgIpc) is 2.37. The quantitative estimate of drug-likeness (QED) is 0.859. The molecule has 1 amide bonds. The minimum Gasteiger partial charge on any atom is -0.481 e. The monoisotopic (exact) mass is 263 g/mol. The molecular weight excluding hydrogens is 246 g/mol. The first-order valence-corrected chi connectivity index (χ1v) is 6.30. The van der Waals surface area contributed by atoms with Gasteiger partial charge in [0.2, 0.25) is 0 Å². The standard InChI is InChI=1S/C13H17N3O3/c1-8-7-16(6-4-10(8)13(18)19)12(17)11-3-5-14-9(2)15-11/h3,5,8,10H,4,6-7H2,1-2H3,(H,18,19)/t8-,10+/m1/s1. The topological polar surface area (TPSA) is 83.4 Å². The van der Waals surface area contributed by atoms with Crippen molar-refractivity contribution in [2.24, 2.45) is 11.8 Å². The fraction of sp³-hybridized carbons (Fsp3) is 0.538. The van der Waals surface area contributed by atoms with Crippen LogP contribution in [0.2, 0.25) is 0 Å². The van der Waals surface area contributed by atoms with Crippen LogP contribution >= 0.6 is 0 Å². The fourth-order valence-corrected chi connectivity index (χ4v) is 2.43. The Morgan fingerprint density at radius 1 is 1.47 bits per heavy atom. The summed E-state index contributed by atoms with van der Waals surface area (Å²) < 4.78 is 0. The number of aryl methyl sites for hydroxylation is 1. The molecule has 0 spiro atoms. The van der Waals surface area contributed by atoms with Crippen LogP contribution < -0.4 is 0 Å². The van der Waals surface area contributed by atoms with Gasteiger partial charge in [0, 0.05) is 19.3 Å². The molecule has 19 heavy (non-hydrogen) atoms. The summed E-state index contributed by atoms with van der Waals surface area (Å²) in [6.07, 6.45) is 2.05. The number of hydrogen-bond acceptors (Lipinski definition) is 4. The normalized spacial score (nSPS) is 23.2. The molecule has 1 aromatic heterocycles. The Labute approximate surface area is 111 Å². The molecule has 2 rings (SSSR count). The van der Waals surface area contributed by atoms with Crippen LogP contribution in [0.15, 0.2) is 12.3 Å². The molecule has 0 aromatic carbocycles. The maximum Gasteiger partial charge on any atom is 0.306 e. The zero-order valence-electron chi connectivity index (χ0n) is 11.0. The van der Waals surface area contributed by atoms with E-state index in [2.05, 4.69) is 9.97 Å². The number of carboxylic acids is 1. The number of carboxylic acid groups (broad SMARTS) is 1. The Morgan fingerprint density at radius 3 is 2.79 bits per heavy atom. The maximum atomic E-state index is 12.3. The van der Waals surface area contributed by atoms with Crippen LogP contribution in [0.5, 0.6) is 0 Å². The molecule has 1 aliphatic heterocycles. The van der Waals surface area contributed by atoms with Crippen molar-refractivity contribution in [1.29, 1.82) is 0 Å². The molecule has 1 saturated heterocycles. The predicted octanol–water partition coefficient (Wildman–Crippen LogP) is 0.968. The molecule has 2 atom stereocenters. The van der Waals surface area contributed by atoms with E-state index in [-0.39, 0.29) is 17.7 Å². The lowest BCUT2D eigenvalue weighted by molar-refractivity contribution is -0.145. The summed E-state index contributed by atoms with van der Waals surface area (Å²) in [5, 5.41) is 9.06. The molecule has 2 heterocycles. The van der Waals surface area contributed by atoms with Crippen molar-refractivity contribution in [2.75, 3.05) is 13.1 Å². The number of carbonyl (C=O) groups excluding carboxylic acids is 1. The van der Waals surface area contributed by atoms with Gasteiger partial charge in [-0.15, -0.1) is 0 Å². The Hall–Kier alpha value is -1.98. The maximum absolute atomic E-state index is 12.3. The van der Waals surface area contributed by atoms with Crippen LogP contribution in [0.1, 0.15) is 29.7 Å². The highest BCUT2D eigenvalue weighted by Gasteiger charge is 2.33. The van der Waals surface area contributed by atoms with Gasteiger partial charge in [0.15, 0.2) is 0 Å². The number of piperidine rings is 1. The number of carbonyl (C=O) groups is 2. The van der Waals surface area contributed by atoms with Crippen LogP contribution in [0, 0.1) is 18.8 Å². The lowest BCUT2D eigenvalue weighted by atomic mass is 9.87. The van der Waals surface area contributed by atoms with Crippen LogP contribution in [0.4, 0.5) is 0 Å². The third kappa shape index (κ3) is 2.89. The highest BCUT2D eigenvalue weighted by atomic mass is 16.4.